The number of carbonyl (C=O) groups is 2. The highest BCUT2D eigenvalue weighted by atomic mass is 35.5. The lowest BCUT2D eigenvalue weighted by molar-refractivity contribution is -0.126. The monoisotopic (exact) mass is 263 g/mol. The minimum Gasteiger partial charge on any atom is -0.355 e. The van der Waals surface area contributed by atoms with Gasteiger partial charge in [0.25, 0.3) is 0 Å². The standard InChI is InChI=1S/C11H21N3O2.ClH/c1-8(15)13-5-6-14-11(16)9-3-2-4-10(12)7-9;/h9-10H,2-7,12H2,1H3,(H,13,15)(H,14,16);1H. The van der Waals surface area contributed by atoms with Gasteiger partial charge in [0.2, 0.25) is 11.8 Å². The summed E-state index contributed by atoms with van der Waals surface area (Å²) in [5.41, 5.74) is 5.82. The summed E-state index contributed by atoms with van der Waals surface area (Å²) < 4.78 is 0. The van der Waals surface area contributed by atoms with Crippen LogP contribution in [0.4, 0.5) is 0 Å². The molecule has 4 N–H and O–H groups in total. The molecular weight excluding hydrogens is 242 g/mol. The van der Waals surface area contributed by atoms with Crippen LogP contribution in [0.2, 0.25) is 0 Å². The number of halogens is 1. The van der Waals surface area contributed by atoms with Crippen LogP contribution in [0.25, 0.3) is 0 Å². The van der Waals surface area contributed by atoms with Crippen molar-refractivity contribution in [3.8, 4) is 0 Å². The van der Waals surface area contributed by atoms with Gasteiger partial charge >= 0.3 is 0 Å². The number of amides is 2. The Balaban J connectivity index is 0.00000256. The van der Waals surface area contributed by atoms with E-state index in [1.54, 1.807) is 0 Å². The Morgan fingerprint density at radius 2 is 1.88 bits per heavy atom. The fourth-order valence-corrected chi connectivity index (χ4v) is 2.03. The third-order valence-electron chi connectivity index (χ3n) is 2.88. The maximum absolute atomic E-state index is 11.7. The average Bonchev–Trinajstić information content (AvgIpc) is 2.24. The number of nitrogens with one attached hydrogen (secondary N) is 2. The Hall–Kier alpha value is -0.810. The zero-order valence-corrected chi connectivity index (χ0v) is 11.0. The number of carbonyl (C=O) groups excluding carboxylic acids is 2. The fourth-order valence-electron chi connectivity index (χ4n) is 2.03. The molecule has 5 nitrogen and oxygen atoms in total. The van der Waals surface area contributed by atoms with E-state index in [1.165, 1.54) is 6.92 Å². The fraction of sp³-hybridized carbons (Fsp3) is 0.818. The second kappa shape index (κ2) is 8.31. The Labute approximate surface area is 108 Å². The van der Waals surface area contributed by atoms with Gasteiger partial charge in [-0.05, 0) is 19.3 Å². The van der Waals surface area contributed by atoms with Crippen LogP contribution in [0.1, 0.15) is 32.6 Å². The van der Waals surface area contributed by atoms with E-state index in [4.69, 9.17) is 5.73 Å². The maximum atomic E-state index is 11.7. The number of rotatable bonds is 4. The van der Waals surface area contributed by atoms with Gasteiger partial charge in [0.05, 0.1) is 0 Å². The second-order valence-corrected chi connectivity index (χ2v) is 4.40. The smallest absolute Gasteiger partial charge is 0.223 e. The third-order valence-corrected chi connectivity index (χ3v) is 2.88. The first-order chi connectivity index (χ1) is 7.59. The predicted molar refractivity (Wildman–Crippen MR) is 68.9 cm³/mol. The van der Waals surface area contributed by atoms with Crippen molar-refractivity contribution < 1.29 is 9.59 Å². The van der Waals surface area contributed by atoms with Crippen molar-refractivity contribution in [1.29, 1.82) is 0 Å². The quantitative estimate of drug-likeness (QED) is 0.633. The summed E-state index contributed by atoms with van der Waals surface area (Å²) in [6, 6.07) is 0.167. The molecule has 2 amide bonds. The molecule has 0 saturated heterocycles. The van der Waals surface area contributed by atoms with Gasteiger partial charge < -0.3 is 16.4 Å². The van der Waals surface area contributed by atoms with Crippen LogP contribution in [0, 0.1) is 5.92 Å². The lowest BCUT2D eigenvalue weighted by atomic mass is 9.85. The van der Waals surface area contributed by atoms with Crippen LogP contribution >= 0.6 is 12.4 Å². The first-order valence-corrected chi connectivity index (χ1v) is 5.87. The average molecular weight is 264 g/mol. The Kier molecular flexibility index (Phi) is 7.91. The van der Waals surface area contributed by atoms with Crippen LogP contribution in [0.5, 0.6) is 0 Å². The summed E-state index contributed by atoms with van der Waals surface area (Å²) in [7, 11) is 0. The van der Waals surface area contributed by atoms with Gasteiger partial charge in [0, 0.05) is 32.0 Å². The van der Waals surface area contributed by atoms with Crippen molar-refractivity contribution in [3.05, 3.63) is 0 Å². The van der Waals surface area contributed by atoms with Crippen molar-refractivity contribution in [2.24, 2.45) is 11.7 Å². The minimum absolute atomic E-state index is 0. The minimum atomic E-state index is -0.0751. The van der Waals surface area contributed by atoms with Gasteiger partial charge in [-0.2, -0.15) is 0 Å². The largest absolute Gasteiger partial charge is 0.355 e. The first kappa shape index (κ1) is 16.2. The molecule has 0 bridgehead atoms. The summed E-state index contributed by atoms with van der Waals surface area (Å²) >= 11 is 0. The predicted octanol–water partition coefficient (Wildman–Crippen LogP) is 0.178. The second-order valence-electron chi connectivity index (χ2n) is 4.40. The Bertz CT molecular complexity index is 261. The van der Waals surface area contributed by atoms with Crippen molar-refractivity contribution in [2.75, 3.05) is 13.1 Å². The van der Waals surface area contributed by atoms with E-state index >= 15 is 0 Å². The van der Waals surface area contributed by atoms with E-state index in [1.807, 2.05) is 0 Å². The molecule has 1 fully saturated rings. The van der Waals surface area contributed by atoms with E-state index in [9.17, 15) is 9.59 Å². The highest BCUT2D eigenvalue weighted by molar-refractivity contribution is 5.85. The van der Waals surface area contributed by atoms with E-state index in [0.29, 0.717) is 13.1 Å². The van der Waals surface area contributed by atoms with Gasteiger partial charge in [0.1, 0.15) is 0 Å². The molecule has 100 valence electrons. The third kappa shape index (κ3) is 6.48. The van der Waals surface area contributed by atoms with E-state index in [2.05, 4.69) is 10.6 Å². The summed E-state index contributed by atoms with van der Waals surface area (Å²) in [4.78, 5) is 22.3. The van der Waals surface area contributed by atoms with Crippen molar-refractivity contribution in [3.63, 3.8) is 0 Å². The molecular formula is C11H22ClN3O2. The molecule has 0 aromatic heterocycles. The van der Waals surface area contributed by atoms with Gasteiger partial charge in [-0.25, -0.2) is 0 Å². The van der Waals surface area contributed by atoms with Crippen LogP contribution in [0.3, 0.4) is 0 Å². The normalized spacial score (nSPS) is 23.4. The zero-order chi connectivity index (χ0) is 12.0. The molecule has 2 atom stereocenters. The van der Waals surface area contributed by atoms with Crippen molar-refractivity contribution in [2.45, 2.75) is 38.6 Å². The molecule has 17 heavy (non-hydrogen) atoms. The number of hydrogen-bond acceptors (Lipinski definition) is 3. The lowest BCUT2D eigenvalue weighted by Gasteiger charge is -2.25. The topological polar surface area (TPSA) is 84.2 Å². The molecule has 1 saturated carbocycles. The van der Waals surface area contributed by atoms with Crippen molar-refractivity contribution in [1.82, 2.24) is 10.6 Å². The molecule has 0 aromatic rings. The molecule has 0 aliphatic heterocycles. The van der Waals surface area contributed by atoms with Gasteiger partial charge in [-0.1, -0.05) is 6.42 Å². The summed E-state index contributed by atoms with van der Waals surface area (Å²) in [6.45, 7) is 2.44. The van der Waals surface area contributed by atoms with Crippen LogP contribution in [-0.4, -0.2) is 30.9 Å². The highest BCUT2D eigenvalue weighted by Crippen LogP contribution is 2.22. The van der Waals surface area contributed by atoms with E-state index < -0.39 is 0 Å². The summed E-state index contributed by atoms with van der Waals surface area (Å²) in [5.74, 6) is 0.0514. The highest BCUT2D eigenvalue weighted by Gasteiger charge is 2.24. The maximum Gasteiger partial charge on any atom is 0.223 e. The zero-order valence-electron chi connectivity index (χ0n) is 10.2. The molecule has 1 aliphatic rings. The lowest BCUT2D eigenvalue weighted by Crippen LogP contribution is -2.40. The molecule has 1 rings (SSSR count). The molecule has 0 aromatic carbocycles. The van der Waals surface area contributed by atoms with Gasteiger partial charge in [-0.3, -0.25) is 9.59 Å². The first-order valence-electron chi connectivity index (χ1n) is 5.87. The van der Waals surface area contributed by atoms with E-state index in [0.717, 1.165) is 25.7 Å². The SMILES string of the molecule is CC(=O)NCCNC(=O)C1CCCC(N)C1.Cl. The van der Waals surface area contributed by atoms with E-state index in [-0.39, 0.29) is 36.2 Å². The summed E-state index contributed by atoms with van der Waals surface area (Å²) in [6.07, 6.45) is 3.77. The Morgan fingerprint density at radius 1 is 1.24 bits per heavy atom. The molecule has 0 spiro atoms. The molecule has 2 unspecified atom stereocenters. The molecule has 1 aliphatic carbocycles. The van der Waals surface area contributed by atoms with Crippen molar-refractivity contribution >= 4 is 24.2 Å². The number of hydrogen-bond donors (Lipinski definition) is 3. The molecule has 0 radical (unpaired) electrons. The van der Waals surface area contributed by atoms with Crippen LogP contribution < -0.4 is 16.4 Å². The molecule has 0 heterocycles. The van der Waals surface area contributed by atoms with Gasteiger partial charge in [0.15, 0.2) is 0 Å². The van der Waals surface area contributed by atoms with Crippen LogP contribution in [-0.2, 0) is 9.59 Å². The number of nitrogens with two attached hydrogens (primary N) is 1. The van der Waals surface area contributed by atoms with Crippen LogP contribution in [0.15, 0.2) is 0 Å². The summed E-state index contributed by atoms with van der Waals surface area (Å²) in [5, 5.41) is 5.45. The molecule has 6 heteroatoms. The van der Waals surface area contributed by atoms with Gasteiger partial charge in [-0.15, -0.1) is 12.4 Å². The Morgan fingerprint density at radius 3 is 2.47 bits per heavy atom.